The van der Waals surface area contributed by atoms with Gasteiger partial charge in [-0.3, -0.25) is 23.9 Å². The van der Waals surface area contributed by atoms with E-state index in [1.54, 1.807) is 31.2 Å². The van der Waals surface area contributed by atoms with E-state index in [4.69, 9.17) is 19.4 Å². The molecule has 2 N–H and O–H groups in total. The van der Waals surface area contributed by atoms with E-state index < -0.39 is 29.4 Å². The third-order valence-corrected chi connectivity index (χ3v) is 4.86. The molecule has 2 heterocycles. The van der Waals surface area contributed by atoms with Crippen LogP contribution >= 0.6 is 0 Å². The summed E-state index contributed by atoms with van der Waals surface area (Å²) in [6.07, 6.45) is 1.23. The fraction of sp³-hybridized carbons (Fsp3) is 0.381. The topological polar surface area (TPSA) is 149 Å². The van der Waals surface area contributed by atoms with Gasteiger partial charge in [0, 0.05) is 12.3 Å². The zero-order chi connectivity index (χ0) is 23.1. The molecule has 1 aliphatic rings. The first kappa shape index (κ1) is 22.9. The number of rotatable bonds is 8. The molecule has 1 fully saturated rings. The molecule has 0 radical (unpaired) electrons. The Morgan fingerprint density at radius 1 is 1.16 bits per heavy atom. The molecule has 0 saturated carbocycles. The number of oxime groups is 1. The molecule has 0 amide bonds. The molecule has 0 aliphatic carbocycles. The van der Waals surface area contributed by atoms with Gasteiger partial charge in [-0.2, -0.15) is 0 Å². The summed E-state index contributed by atoms with van der Waals surface area (Å²) in [7, 11) is 0. The van der Waals surface area contributed by atoms with Crippen LogP contribution in [0.3, 0.4) is 0 Å². The monoisotopic (exact) mass is 445 g/mol. The van der Waals surface area contributed by atoms with E-state index in [0.717, 1.165) is 0 Å². The van der Waals surface area contributed by atoms with Crippen LogP contribution < -0.4 is 16.0 Å². The Labute approximate surface area is 182 Å². The lowest BCUT2D eigenvalue weighted by atomic mass is 10.1. The van der Waals surface area contributed by atoms with Gasteiger partial charge < -0.3 is 19.4 Å². The van der Waals surface area contributed by atoms with Crippen LogP contribution in [0.15, 0.2) is 51.3 Å². The highest BCUT2D eigenvalue weighted by molar-refractivity contribution is 5.98. The lowest BCUT2D eigenvalue weighted by Gasteiger charge is -2.15. The lowest BCUT2D eigenvalue weighted by molar-refractivity contribution is -0.150. The number of nitrogens with zero attached hydrogens (tertiary/aromatic N) is 2. The summed E-state index contributed by atoms with van der Waals surface area (Å²) in [4.78, 5) is 49.0. The van der Waals surface area contributed by atoms with E-state index in [1.165, 1.54) is 16.8 Å². The summed E-state index contributed by atoms with van der Waals surface area (Å²) in [6.45, 7) is 1.63. The highest BCUT2D eigenvalue weighted by atomic mass is 16.6. The first-order valence-corrected chi connectivity index (χ1v) is 9.98. The molecule has 1 unspecified atom stereocenters. The minimum Gasteiger partial charge on any atom is -0.463 e. The standard InChI is InChI=1S/C21H23N3O8/c1-13(23-29)14-2-4-15(5-3-14)32-20(27)9-8-19(26)30-12-16-6-7-18(31-16)24-11-10-17(25)22-21(24)28/h2-5,10-11,16,18,29H,6-9,12H2,1H3,(H,22,25,28)/b23-13+/t16-,18?/m0/s1. The van der Waals surface area contributed by atoms with Gasteiger partial charge in [0.2, 0.25) is 0 Å². The quantitative estimate of drug-likeness (QED) is 0.203. The molecule has 0 spiro atoms. The van der Waals surface area contributed by atoms with Crippen LogP contribution in [-0.4, -0.2) is 45.1 Å². The highest BCUT2D eigenvalue weighted by Gasteiger charge is 2.28. The first-order chi connectivity index (χ1) is 15.4. The molecule has 1 aliphatic heterocycles. The summed E-state index contributed by atoms with van der Waals surface area (Å²) >= 11 is 0. The number of hydrogen-bond donors (Lipinski definition) is 2. The molecular weight excluding hydrogens is 422 g/mol. The summed E-state index contributed by atoms with van der Waals surface area (Å²) in [5.74, 6) is -0.849. The SMILES string of the molecule is C/C(=N\O)c1ccc(OC(=O)CCC(=O)OC[C@@H]2CCC(n3ccc(=O)[nH]c3=O)O2)cc1. The van der Waals surface area contributed by atoms with Crippen LogP contribution in [-0.2, 0) is 19.1 Å². The molecule has 0 bridgehead atoms. The molecule has 2 atom stereocenters. The molecule has 3 rings (SSSR count). The second kappa shape index (κ2) is 10.5. The zero-order valence-corrected chi connectivity index (χ0v) is 17.4. The van der Waals surface area contributed by atoms with Gasteiger partial charge in [0.15, 0.2) is 0 Å². The Bertz CT molecular complexity index is 1100. The van der Waals surface area contributed by atoms with E-state index in [-0.39, 0.29) is 25.6 Å². The predicted octanol–water partition coefficient (Wildman–Crippen LogP) is 1.34. The number of hydrogen-bond acceptors (Lipinski definition) is 9. The van der Waals surface area contributed by atoms with Crippen molar-refractivity contribution in [3.05, 3.63) is 62.9 Å². The zero-order valence-electron chi connectivity index (χ0n) is 17.4. The Morgan fingerprint density at radius 3 is 2.56 bits per heavy atom. The maximum Gasteiger partial charge on any atom is 0.330 e. The average Bonchev–Trinajstić information content (AvgIpc) is 3.25. The Morgan fingerprint density at radius 2 is 1.88 bits per heavy atom. The van der Waals surface area contributed by atoms with Crippen molar-refractivity contribution >= 4 is 17.7 Å². The van der Waals surface area contributed by atoms with Crippen molar-refractivity contribution in [2.24, 2.45) is 5.16 Å². The van der Waals surface area contributed by atoms with Gasteiger partial charge in [0.05, 0.1) is 24.7 Å². The number of benzene rings is 1. The van der Waals surface area contributed by atoms with E-state index in [9.17, 15) is 19.2 Å². The van der Waals surface area contributed by atoms with Gasteiger partial charge in [0.1, 0.15) is 18.6 Å². The van der Waals surface area contributed by atoms with Crippen molar-refractivity contribution in [1.29, 1.82) is 0 Å². The van der Waals surface area contributed by atoms with Gasteiger partial charge >= 0.3 is 17.6 Å². The molecule has 170 valence electrons. The maximum absolute atomic E-state index is 11.9. The number of aromatic nitrogens is 2. The molecular formula is C21H23N3O8. The number of carbonyl (C=O) groups is 2. The molecule has 11 heteroatoms. The summed E-state index contributed by atoms with van der Waals surface area (Å²) in [6, 6.07) is 7.63. The van der Waals surface area contributed by atoms with Crippen LogP contribution in [0, 0.1) is 0 Å². The fourth-order valence-corrected chi connectivity index (χ4v) is 3.13. The van der Waals surface area contributed by atoms with Crippen LogP contribution in [0.1, 0.15) is 44.4 Å². The van der Waals surface area contributed by atoms with E-state index in [1.807, 2.05) is 0 Å². The Balaban J connectivity index is 1.38. The summed E-state index contributed by atoms with van der Waals surface area (Å²) in [5.41, 5.74) is 0.0492. The summed E-state index contributed by atoms with van der Waals surface area (Å²) < 4.78 is 17.3. The Hall–Kier alpha value is -3.73. The first-order valence-electron chi connectivity index (χ1n) is 9.98. The normalized spacial score (nSPS) is 18.3. The van der Waals surface area contributed by atoms with Crippen molar-refractivity contribution in [2.45, 2.75) is 44.9 Å². The van der Waals surface area contributed by atoms with Crippen molar-refractivity contribution in [1.82, 2.24) is 9.55 Å². The van der Waals surface area contributed by atoms with Gasteiger partial charge in [-0.25, -0.2) is 4.79 Å². The second-order valence-electron chi connectivity index (χ2n) is 7.17. The van der Waals surface area contributed by atoms with Gasteiger partial charge in [-0.05, 0) is 49.6 Å². The van der Waals surface area contributed by atoms with Crippen LogP contribution in [0.5, 0.6) is 5.75 Å². The van der Waals surface area contributed by atoms with Gasteiger partial charge in [-0.1, -0.05) is 5.16 Å². The number of aromatic amines is 1. The number of nitrogens with one attached hydrogen (secondary N) is 1. The van der Waals surface area contributed by atoms with Crippen molar-refractivity contribution < 1.29 is 29.0 Å². The Kier molecular flexibility index (Phi) is 7.55. The number of esters is 2. The van der Waals surface area contributed by atoms with Crippen molar-refractivity contribution in [3.63, 3.8) is 0 Å². The minimum atomic E-state index is -0.586. The molecule has 11 nitrogen and oxygen atoms in total. The highest BCUT2D eigenvalue weighted by Crippen LogP contribution is 2.27. The maximum atomic E-state index is 11.9. The largest absolute Gasteiger partial charge is 0.463 e. The third kappa shape index (κ3) is 6.14. The van der Waals surface area contributed by atoms with Gasteiger partial charge in [-0.15, -0.1) is 0 Å². The second-order valence-corrected chi connectivity index (χ2v) is 7.17. The minimum absolute atomic E-state index is 0.00426. The van der Waals surface area contributed by atoms with Crippen molar-refractivity contribution in [3.8, 4) is 5.75 Å². The summed E-state index contributed by atoms with van der Waals surface area (Å²) in [5, 5.41) is 11.8. The molecule has 1 aromatic carbocycles. The average molecular weight is 445 g/mol. The smallest absolute Gasteiger partial charge is 0.330 e. The number of H-pyrrole nitrogens is 1. The van der Waals surface area contributed by atoms with Crippen LogP contribution in [0.2, 0.25) is 0 Å². The third-order valence-electron chi connectivity index (χ3n) is 4.86. The van der Waals surface area contributed by atoms with Crippen LogP contribution in [0.25, 0.3) is 0 Å². The number of ether oxygens (including phenoxy) is 3. The molecule has 1 saturated heterocycles. The van der Waals surface area contributed by atoms with Crippen molar-refractivity contribution in [2.75, 3.05) is 6.61 Å². The van der Waals surface area contributed by atoms with E-state index in [2.05, 4.69) is 10.1 Å². The predicted molar refractivity (Wildman–Crippen MR) is 111 cm³/mol. The lowest BCUT2D eigenvalue weighted by Crippen LogP contribution is -2.31. The molecule has 32 heavy (non-hydrogen) atoms. The van der Waals surface area contributed by atoms with Gasteiger partial charge in [0.25, 0.3) is 5.56 Å². The number of carbonyl (C=O) groups excluding carboxylic acids is 2. The van der Waals surface area contributed by atoms with E-state index >= 15 is 0 Å². The van der Waals surface area contributed by atoms with E-state index in [0.29, 0.717) is 29.9 Å². The molecule has 1 aromatic heterocycles. The fourth-order valence-electron chi connectivity index (χ4n) is 3.13. The molecule has 2 aromatic rings. The van der Waals surface area contributed by atoms with Crippen LogP contribution in [0.4, 0.5) is 0 Å².